The minimum Gasteiger partial charge on any atom is -0.355 e. The van der Waals surface area contributed by atoms with Crippen LogP contribution in [0.1, 0.15) is 32.1 Å². The third-order valence-corrected chi connectivity index (χ3v) is 7.34. The Hall–Kier alpha value is -2.15. The standard InChI is InChI=1S/C20H26N4O2S/c1-24(17-11-12-27(25,26)14-17)19-13-18(15-7-3-2-4-8-15)22-20(23-19)21-16-9-5-6-10-16/h2-4,7-8,13,16-17H,5-6,9-12,14H2,1H3,(H,21,22,23). The molecule has 144 valence electrons. The highest BCUT2D eigenvalue weighted by Gasteiger charge is 2.31. The highest BCUT2D eigenvalue weighted by Crippen LogP contribution is 2.28. The summed E-state index contributed by atoms with van der Waals surface area (Å²) in [6, 6.07) is 12.4. The van der Waals surface area contributed by atoms with E-state index in [1.165, 1.54) is 12.8 Å². The lowest BCUT2D eigenvalue weighted by Gasteiger charge is -2.25. The van der Waals surface area contributed by atoms with E-state index in [-0.39, 0.29) is 17.5 Å². The predicted octanol–water partition coefficient (Wildman–Crippen LogP) is 3.12. The molecule has 1 saturated heterocycles. The molecular weight excluding hydrogens is 360 g/mol. The maximum Gasteiger partial charge on any atom is 0.225 e. The van der Waals surface area contributed by atoms with Crippen molar-refractivity contribution in [2.75, 3.05) is 28.8 Å². The van der Waals surface area contributed by atoms with Gasteiger partial charge in [0.2, 0.25) is 5.95 Å². The fourth-order valence-corrected chi connectivity index (χ4v) is 5.73. The van der Waals surface area contributed by atoms with E-state index in [2.05, 4.69) is 5.32 Å². The van der Waals surface area contributed by atoms with Crippen LogP contribution in [-0.4, -0.2) is 49.0 Å². The SMILES string of the molecule is CN(c1cc(-c2ccccc2)nc(NC2CCCC2)n1)C1CCS(=O)(=O)C1. The monoisotopic (exact) mass is 386 g/mol. The van der Waals surface area contributed by atoms with Crippen molar-refractivity contribution in [1.82, 2.24) is 9.97 Å². The van der Waals surface area contributed by atoms with Crippen LogP contribution in [0, 0.1) is 0 Å². The summed E-state index contributed by atoms with van der Waals surface area (Å²) in [5.74, 6) is 1.85. The van der Waals surface area contributed by atoms with Gasteiger partial charge in [-0.05, 0) is 19.3 Å². The molecule has 1 aliphatic heterocycles. The topological polar surface area (TPSA) is 75.2 Å². The third kappa shape index (κ3) is 4.24. The molecule has 1 aliphatic carbocycles. The average molecular weight is 387 g/mol. The molecule has 7 heteroatoms. The van der Waals surface area contributed by atoms with Crippen LogP contribution in [0.5, 0.6) is 0 Å². The molecular formula is C20H26N4O2S. The Morgan fingerprint density at radius 3 is 2.48 bits per heavy atom. The summed E-state index contributed by atoms with van der Waals surface area (Å²) in [6.45, 7) is 0. The number of benzene rings is 1. The summed E-state index contributed by atoms with van der Waals surface area (Å²) in [6.07, 6.45) is 5.41. The number of aromatic nitrogens is 2. The first-order valence-corrected chi connectivity index (χ1v) is 11.5. The number of rotatable bonds is 5. The Balaban J connectivity index is 1.66. The normalized spacial score (nSPS) is 22.0. The molecule has 0 spiro atoms. The molecule has 1 unspecified atom stereocenters. The third-order valence-electron chi connectivity index (χ3n) is 5.59. The van der Waals surface area contributed by atoms with Crippen LogP contribution in [0.25, 0.3) is 11.3 Å². The molecule has 0 amide bonds. The molecule has 4 rings (SSSR count). The molecule has 6 nitrogen and oxygen atoms in total. The van der Waals surface area contributed by atoms with Crippen LogP contribution in [-0.2, 0) is 9.84 Å². The molecule has 2 fully saturated rings. The van der Waals surface area contributed by atoms with Crippen LogP contribution < -0.4 is 10.2 Å². The second-order valence-electron chi connectivity index (χ2n) is 7.59. The van der Waals surface area contributed by atoms with Gasteiger partial charge in [-0.1, -0.05) is 43.2 Å². The van der Waals surface area contributed by atoms with Gasteiger partial charge < -0.3 is 10.2 Å². The molecule has 0 bridgehead atoms. The van der Waals surface area contributed by atoms with Crippen LogP contribution in [0.4, 0.5) is 11.8 Å². The largest absolute Gasteiger partial charge is 0.355 e. The average Bonchev–Trinajstić information content (AvgIpc) is 3.30. The molecule has 1 aromatic heterocycles. The van der Waals surface area contributed by atoms with E-state index >= 15 is 0 Å². The van der Waals surface area contributed by atoms with Crippen LogP contribution >= 0.6 is 0 Å². The lowest BCUT2D eigenvalue weighted by atomic mass is 10.1. The van der Waals surface area contributed by atoms with Crippen molar-refractivity contribution in [3.63, 3.8) is 0 Å². The van der Waals surface area contributed by atoms with E-state index in [0.29, 0.717) is 18.4 Å². The van der Waals surface area contributed by atoms with E-state index in [0.717, 1.165) is 29.9 Å². The zero-order valence-electron chi connectivity index (χ0n) is 15.6. The second-order valence-corrected chi connectivity index (χ2v) is 9.82. The van der Waals surface area contributed by atoms with Crippen molar-refractivity contribution in [3.05, 3.63) is 36.4 Å². The van der Waals surface area contributed by atoms with Crippen molar-refractivity contribution in [3.8, 4) is 11.3 Å². The van der Waals surface area contributed by atoms with Crippen molar-refractivity contribution in [1.29, 1.82) is 0 Å². The predicted molar refractivity (Wildman–Crippen MR) is 109 cm³/mol. The lowest BCUT2D eigenvalue weighted by Crippen LogP contribution is -2.33. The van der Waals surface area contributed by atoms with Gasteiger partial charge in [-0.15, -0.1) is 0 Å². The van der Waals surface area contributed by atoms with Gasteiger partial charge in [0.05, 0.1) is 17.2 Å². The highest BCUT2D eigenvalue weighted by atomic mass is 32.2. The van der Waals surface area contributed by atoms with E-state index < -0.39 is 9.84 Å². The zero-order chi connectivity index (χ0) is 18.9. The lowest BCUT2D eigenvalue weighted by molar-refractivity contribution is 0.600. The number of nitrogens with one attached hydrogen (secondary N) is 1. The minimum atomic E-state index is -2.94. The molecule has 2 aliphatic rings. The molecule has 1 saturated carbocycles. The van der Waals surface area contributed by atoms with Crippen molar-refractivity contribution >= 4 is 21.6 Å². The maximum absolute atomic E-state index is 11.9. The quantitative estimate of drug-likeness (QED) is 0.851. The smallest absolute Gasteiger partial charge is 0.225 e. The first-order valence-electron chi connectivity index (χ1n) is 9.64. The van der Waals surface area contributed by atoms with Crippen molar-refractivity contribution in [2.45, 2.75) is 44.2 Å². The van der Waals surface area contributed by atoms with Gasteiger partial charge in [-0.3, -0.25) is 0 Å². The van der Waals surface area contributed by atoms with Gasteiger partial charge in [0, 0.05) is 30.8 Å². The van der Waals surface area contributed by atoms with Crippen molar-refractivity contribution in [2.24, 2.45) is 0 Å². The fourth-order valence-electron chi connectivity index (χ4n) is 3.96. The Morgan fingerprint density at radius 1 is 1.07 bits per heavy atom. The molecule has 2 aromatic rings. The minimum absolute atomic E-state index is 0.0344. The van der Waals surface area contributed by atoms with Crippen LogP contribution in [0.3, 0.4) is 0 Å². The van der Waals surface area contributed by atoms with E-state index in [1.807, 2.05) is 48.3 Å². The second kappa shape index (κ2) is 7.46. The molecule has 2 heterocycles. The summed E-state index contributed by atoms with van der Waals surface area (Å²) >= 11 is 0. The van der Waals surface area contributed by atoms with E-state index in [1.54, 1.807) is 0 Å². The highest BCUT2D eigenvalue weighted by molar-refractivity contribution is 7.91. The summed E-state index contributed by atoms with van der Waals surface area (Å²) in [5, 5.41) is 3.49. The van der Waals surface area contributed by atoms with Gasteiger partial charge in [0.25, 0.3) is 0 Å². The summed E-state index contributed by atoms with van der Waals surface area (Å²) in [4.78, 5) is 11.5. The van der Waals surface area contributed by atoms with Gasteiger partial charge >= 0.3 is 0 Å². The van der Waals surface area contributed by atoms with Gasteiger partial charge in [0.15, 0.2) is 9.84 Å². The first-order chi connectivity index (χ1) is 13.0. The van der Waals surface area contributed by atoms with E-state index in [9.17, 15) is 8.42 Å². The number of sulfone groups is 1. The Kier molecular flexibility index (Phi) is 5.04. The number of hydrogen-bond acceptors (Lipinski definition) is 6. The molecule has 0 radical (unpaired) electrons. The molecule has 1 aromatic carbocycles. The zero-order valence-corrected chi connectivity index (χ0v) is 16.5. The van der Waals surface area contributed by atoms with E-state index in [4.69, 9.17) is 9.97 Å². The Bertz CT molecular complexity index is 895. The van der Waals surface area contributed by atoms with Gasteiger partial charge in [0.1, 0.15) is 5.82 Å². The molecule has 1 atom stereocenters. The summed E-state index contributed by atoms with van der Waals surface area (Å²) < 4.78 is 23.8. The number of hydrogen-bond donors (Lipinski definition) is 1. The maximum atomic E-state index is 11.9. The Labute approximate surface area is 161 Å². The van der Waals surface area contributed by atoms with Crippen LogP contribution in [0.2, 0.25) is 0 Å². The Morgan fingerprint density at radius 2 is 1.81 bits per heavy atom. The molecule has 27 heavy (non-hydrogen) atoms. The van der Waals surface area contributed by atoms with Gasteiger partial charge in [-0.25, -0.2) is 13.4 Å². The van der Waals surface area contributed by atoms with Crippen LogP contribution in [0.15, 0.2) is 36.4 Å². The first kappa shape index (κ1) is 18.2. The van der Waals surface area contributed by atoms with Crippen molar-refractivity contribution < 1.29 is 8.42 Å². The summed E-state index contributed by atoms with van der Waals surface area (Å²) in [5.41, 5.74) is 1.89. The number of anilines is 2. The van der Waals surface area contributed by atoms with Gasteiger partial charge in [-0.2, -0.15) is 4.98 Å². The number of nitrogens with zero attached hydrogens (tertiary/aromatic N) is 3. The fraction of sp³-hybridized carbons (Fsp3) is 0.500. The summed E-state index contributed by atoms with van der Waals surface area (Å²) in [7, 11) is -1.01. The molecule has 1 N–H and O–H groups in total.